The zero-order valence-corrected chi connectivity index (χ0v) is 10.8. The van der Waals surface area contributed by atoms with Gasteiger partial charge in [-0.05, 0) is 11.6 Å². The van der Waals surface area contributed by atoms with Gasteiger partial charge in [-0.1, -0.05) is 11.6 Å². The molecule has 6 nitrogen and oxygen atoms in total. The first-order chi connectivity index (χ1) is 8.06. The lowest BCUT2D eigenvalue weighted by Gasteiger charge is -2.17. The molecule has 0 aliphatic heterocycles. The van der Waals surface area contributed by atoms with Crippen LogP contribution < -0.4 is 4.90 Å². The molecule has 0 N–H and O–H groups in total. The Kier molecular flexibility index (Phi) is 3.44. The summed E-state index contributed by atoms with van der Waals surface area (Å²) >= 11 is 11.6. The Bertz CT molecular complexity index is 526. The summed E-state index contributed by atoms with van der Waals surface area (Å²) in [6.07, 6.45) is 3.70. The monoisotopic (exact) mass is 272 g/mol. The molecule has 0 aromatic carbocycles. The minimum Gasteiger partial charge on any atom is -0.353 e. The summed E-state index contributed by atoms with van der Waals surface area (Å²) in [4.78, 5) is 5.87. The molecular formula is C9H10Cl2N6. The summed E-state index contributed by atoms with van der Waals surface area (Å²) in [6, 6.07) is 0. The fraction of sp³-hybridized carbons (Fsp3) is 0.333. The number of nitrogens with zero attached hydrogens (tertiary/aromatic N) is 6. The molecule has 0 amide bonds. The topological polar surface area (TPSA) is 59.7 Å². The number of anilines is 1. The van der Waals surface area contributed by atoms with Crippen molar-refractivity contribution in [3.05, 3.63) is 28.4 Å². The van der Waals surface area contributed by atoms with Crippen molar-refractivity contribution < 1.29 is 0 Å². The number of aromatic nitrogens is 5. The van der Waals surface area contributed by atoms with Crippen LogP contribution in [0.15, 0.2) is 12.4 Å². The zero-order chi connectivity index (χ0) is 12.4. The summed E-state index contributed by atoms with van der Waals surface area (Å²) in [5, 5.41) is 11.6. The Morgan fingerprint density at radius 2 is 2.12 bits per heavy atom. The number of halogens is 2. The third kappa shape index (κ3) is 2.83. The standard InChI is InChI=1S/C9H10Cl2N6/c1-16(4-6-3-12-17(2)5-6)8-7(10)14-15-9(11)13-8/h3,5H,4H2,1-2H3. The lowest BCUT2D eigenvalue weighted by Crippen LogP contribution is -2.18. The second-order valence-corrected chi connectivity index (χ2v) is 4.27. The average Bonchev–Trinajstić information content (AvgIpc) is 2.67. The molecule has 0 atom stereocenters. The van der Waals surface area contributed by atoms with Crippen molar-refractivity contribution in [3.63, 3.8) is 0 Å². The van der Waals surface area contributed by atoms with Crippen LogP contribution in [0.4, 0.5) is 5.82 Å². The van der Waals surface area contributed by atoms with E-state index in [1.807, 2.05) is 25.2 Å². The first-order valence-corrected chi connectivity index (χ1v) is 5.56. The Labute approximate surface area is 108 Å². The minimum absolute atomic E-state index is 0.0717. The molecule has 0 unspecified atom stereocenters. The van der Waals surface area contributed by atoms with Crippen LogP contribution in [0.25, 0.3) is 0 Å². The maximum atomic E-state index is 5.91. The largest absolute Gasteiger partial charge is 0.353 e. The van der Waals surface area contributed by atoms with Crippen LogP contribution in [0, 0.1) is 0 Å². The van der Waals surface area contributed by atoms with E-state index in [2.05, 4.69) is 20.3 Å². The van der Waals surface area contributed by atoms with Crippen LogP contribution in [-0.4, -0.2) is 32.0 Å². The first-order valence-electron chi connectivity index (χ1n) is 4.80. The highest BCUT2D eigenvalue weighted by Crippen LogP contribution is 2.21. The van der Waals surface area contributed by atoms with Gasteiger partial charge in [-0.3, -0.25) is 4.68 Å². The molecule has 17 heavy (non-hydrogen) atoms. The highest BCUT2D eigenvalue weighted by atomic mass is 35.5. The minimum atomic E-state index is 0.0717. The second kappa shape index (κ2) is 4.85. The Morgan fingerprint density at radius 1 is 1.35 bits per heavy atom. The highest BCUT2D eigenvalue weighted by Gasteiger charge is 2.12. The van der Waals surface area contributed by atoms with Gasteiger partial charge < -0.3 is 4.90 Å². The molecule has 0 saturated heterocycles. The van der Waals surface area contributed by atoms with Crippen LogP contribution in [0.5, 0.6) is 0 Å². The van der Waals surface area contributed by atoms with Gasteiger partial charge in [0.15, 0.2) is 11.0 Å². The lowest BCUT2D eigenvalue weighted by molar-refractivity contribution is 0.766. The van der Waals surface area contributed by atoms with Crippen molar-refractivity contribution in [2.45, 2.75) is 6.54 Å². The molecule has 2 aromatic rings. The number of rotatable bonds is 3. The highest BCUT2D eigenvalue weighted by molar-refractivity contribution is 6.32. The molecule has 0 aliphatic rings. The summed E-state index contributed by atoms with van der Waals surface area (Å²) in [6.45, 7) is 0.614. The summed E-state index contributed by atoms with van der Waals surface area (Å²) in [5.41, 5.74) is 1.04. The molecule has 0 bridgehead atoms. The molecule has 0 radical (unpaired) electrons. The molecule has 0 fully saturated rings. The number of aryl methyl sites for hydroxylation is 1. The molecular weight excluding hydrogens is 263 g/mol. The third-order valence-electron chi connectivity index (χ3n) is 2.14. The van der Waals surface area contributed by atoms with Gasteiger partial charge in [0.2, 0.25) is 5.28 Å². The molecule has 2 rings (SSSR count). The maximum Gasteiger partial charge on any atom is 0.245 e. The smallest absolute Gasteiger partial charge is 0.245 e. The predicted molar refractivity (Wildman–Crippen MR) is 65.2 cm³/mol. The number of hydrogen-bond donors (Lipinski definition) is 0. The van der Waals surface area contributed by atoms with E-state index in [4.69, 9.17) is 23.2 Å². The van der Waals surface area contributed by atoms with Gasteiger partial charge in [-0.25, -0.2) is 0 Å². The SMILES string of the molecule is CN(Cc1cnn(C)c1)c1nc(Cl)nnc1Cl. The van der Waals surface area contributed by atoms with E-state index in [9.17, 15) is 0 Å². The van der Waals surface area contributed by atoms with Crippen molar-refractivity contribution in [2.75, 3.05) is 11.9 Å². The van der Waals surface area contributed by atoms with E-state index in [1.54, 1.807) is 10.9 Å². The van der Waals surface area contributed by atoms with Crippen molar-refractivity contribution in [1.29, 1.82) is 0 Å². The van der Waals surface area contributed by atoms with Gasteiger partial charge in [-0.15, -0.1) is 10.2 Å². The molecule has 8 heteroatoms. The maximum absolute atomic E-state index is 5.91. The second-order valence-electron chi connectivity index (χ2n) is 3.57. The molecule has 0 saturated carbocycles. The van der Waals surface area contributed by atoms with Crippen LogP contribution >= 0.6 is 23.2 Å². The summed E-state index contributed by atoms with van der Waals surface area (Å²) in [7, 11) is 3.71. The van der Waals surface area contributed by atoms with Gasteiger partial charge in [0.05, 0.1) is 6.20 Å². The van der Waals surface area contributed by atoms with Gasteiger partial charge in [-0.2, -0.15) is 10.1 Å². The number of hydrogen-bond acceptors (Lipinski definition) is 5. The van der Waals surface area contributed by atoms with Crippen LogP contribution in [0.2, 0.25) is 10.4 Å². The normalized spacial score (nSPS) is 10.6. The Morgan fingerprint density at radius 3 is 2.76 bits per heavy atom. The van der Waals surface area contributed by atoms with Crippen LogP contribution in [0.3, 0.4) is 0 Å². The van der Waals surface area contributed by atoms with E-state index in [0.29, 0.717) is 12.4 Å². The first kappa shape index (κ1) is 12.1. The van der Waals surface area contributed by atoms with E-state index >= 15 is 0 Å². The summed E-state index contributed by atoms with van der Waals surface area (Å²) in [5.74, 6) is 0.496. The van der Waals surface area contributed by atoms with E-state index in [1.165, 1.54) is 0 Å². The van der Waals surface area contributed by atoms with Crippen molar-refractivity contribution in [3.8, 4) is 0 Å². The van der Waals surface area contributed by atoms with Gasteiger partial charge >= 0.3 is 0 Å². The average molecular weight is 273 g/mol. The molecule has 90 valence electrons. The fourth-order valence-electron chi connectivity index (χ4n) is 1.43. The molecule has 2 heterocycles. The van der Waals surface area contributed by atoms with Crippen LogP contribution in [0.1, 0.15) is 5.56 Å². The van der Waals surface area contributed by atoms with Crippen molar-refractivity contribution >= 4 is 29.0 Å². The van der Waals surface area contributed by atoms with Gasteiger partial charge in [0, 0.05) is 32.4 Å². The van der Waals surface area contributed by atoms with Crippen LogP contribution in [-0.2, 0) is 13.6 Å². The van der Waals surface area contributed by atoms with Crippen molar-refractivity contribution in [1.82, 2.24) is 25.0 Å². The quantitative estimate of drug-likeness (QED) is 0.849. The Hall–Kier alpha value is -1.40. The fourth-order valence-corrected chi connectivity index (χ4v) is 1.77. The van der Waals surface area contributed by atoms with E-state index in [0.717, 1.165) is 5.56 Å². The lowest BCUT2D eigenvalue weighted by atomic mass is 10.3. The molecule has 2 aromatic heterocycles. The summed E-state index contributed by atoms with van der Waals surface area (Å²) < 4.78 is 1.73. The molecule has 0 aliphatic carbocycles. The van der Waals surface area contributed by atoms with Crippen molar-refractivity contribution in [2.24, 2.45) is 7.05 Å². The zero-order valence-electron chi connectivity index (χ0n) is 9.30. The predicted octanol–water partition coefficient (Wildman–Crippen LogP) is 1.55. The third-order valence-corrected chi connectivity index (χ3v) is 2.55. The van der Waals surface area contributed by atoms with E-state index in [-0.39, 0.29) is 10.4 Å². The van der Waals surface area contributed by atoms with E-state index < -0.39 is 0 Å². The van der Waals surface area contributed by atoms with Gasteiger partial charge in [0.25, 0.3) is 0 Å². The Balaban J connectivity index is 2.19. The molecule has 0 spiro atoms. The van der Waals surface area contributed by atoms with Gasteiger partial charge in [0.1, 0.15) is 0 Å².